The highest BCUT2D eigenvalue weighted by molar-refractivity contribution is 7.13. The van der Waals surface area contributed by atoms with Gasteiger partial charge in [0, 0.05) is 17.8 Å². The zero-order valence-corrected chi connectivity index (χ0v) is 8.64. The van der Waals surface area contributed by atoms with Crippen LogP contribution in [0.25, 0.3) is 0 Å². The van der Waals surface area contributed by atoms with Crippen LogP contribution in [0.4, 0.5) is 5.13 Å². The minimum Gasteiger partial charge on any atom is -0.325 e. The van der Waals surface area contributed by atoms with E-state index in [1.165, 1.54) is 17.8 Å². The van der Waals surface area contributed by atoms with Crippen LogP contribution in [-0.2, 0) is 11.3 Å². The van der Waals surface area contributed by atoms with Crippen molar-refractivity contribution in [2.24, 2.45) is 11.7 Å². The van der Waals surface area contributed by atoms with Gasteiger partial charge in [-0.05, 0) is 12.8 Å². The van der Waals surface area contributed by atoms with Crippen molar-refractivity contribution in [3.8, 4) is 0 Å². The molecule has 1 aromatic rings. The first-order valence-corrected chi connectivity index (χ1v) is 5.63. The average Bonchev–Trinajstić information content (AvgIpc) is 2.48. The summed E-state index contributed by atoms with van der Waals surface area (Å²) in [5.74, 6) is 0.314. The third-order valence-corrected chi connectivity index (χ3v) is 3.27. The molecule has 4 nitrogen and oxygen atoms in total. The lowest BCUT2D eigenvalue weighted by atomic mass is 9.85. The zero-order valence-electron chi connectivity index (χ0n) is 7.82. The number of nitrogens with two attached hydrogens (primary N) is 1. The number of hydrogen-bond acceptors (Lipinski definition) is 4. The van der Waals surface area contributed by atoms with E-state index in [9.17, 15) is 4.79 Å². The molecule has 1 amide bonds. The number of aromatic nitrogens is 1. The Balaban J connectivity index is 1.92. The molecule has 0 spiro atoms. The summed E-state index contributed by atoms with van der Waals surface area (Å²) in [6.45, 7) is 0.426. The van der Waals surface area contributed by atoms with Gasteiger partial charge in [-0.2, -0.15) is 0 Å². The van der Waals surface area contributed by atoms with Gasteiger partial charge in [-0.3, -0.25) is 4.79 Å². The molecule has 14 heavy (non-hydrogen) atoms. The Labute approximate surface area is 86.5 Å². The Bertz CT molecular complexity index is 333. The summed E-state index contributed by atoms with van der Waals surface area (Å²) in [6, 6.07) is 0. The van der Waals surface area contributed by atoms with Gasteiger partial charge in [-0.1, -0.05) is 6.42 Å². The molecule has 2 rings (SSSR count). The Morgan fingerprint density at radius 1 is 1.71 bits per heavy atom. The van der Waals surface area contributed by atoms with Crippen molar-refractivity contribution in [2.75, 3.05) is 5.32 Å². The van der Waals surface area contributed by atoms with Gasteiger partial charge >= 0.3 is 0 Å². The van der Waals surface area contributed by atoms with Gasteiger partial charge in [0.25, 0.3) is 0 Å². The van der Waals surface area contributed by atoms with Crippen LogP contribution in [0, 0.1) is 5.92 Å². The van der Waals surface area contributed by atoms with E-state index in [0.717, 1.165) is 18.5 Å². The molecule has 0 saturated heterocycles. The molecule has 1 aliphatic carbocycles. The molecule has 5 heteroatoms. The van der Waals surface area contributed by atoms with Crippen molar-refractivity contribution < 1.29 is 4.79 Å². The van der Waals surface area contributed by atoms with Crippen molar-refractivity contribution in [3.05, 3.63) is 11.1 Å². The van der Waals surface area contributed by atoms with E-state index in [2.05, 4.69) is 10.3 Å². The van der Waals surface area contributed by atoms with Gasteiger partial charge in [0.05, 0.1) is 5.69 Å². The van der Waals surface area contributed by atoms with E-state index in [-0.39, 0.29) is 11.8 Å². The fraction of sp³-hybridized carbons (Fsp3) is 0.556. The number of anilines is 1. The fourth-order valence-electron chi connectivity index (χ4n) is 1.34. The second kappa shape index (κ2) is 4.06. The minimum atomic E-state index is 0.106. The predicted octanol–water partition coefficient (Wildman–Crippen LogP) is 1.34. The molecular formula is C9H13N3OS. The van der Waals surface area contributed by atoms with Gasteiger partial charge in [0.2, 0.25) is 5.91 Å². The average molecular weight is 211 g/mol. The highest BCUT2D eigenvalue weighted by Gasteiger charge is 2.25. The first-order valence-electron chi connectivity index (χ1n) is 4.75. The van der Waals surface area contributed by atoms with Gasteiger partial charge in [-0.15, -0.1) is 11.3 Å². The van der Waals surface area contributed by atoms with Crippen molar-refractivity contribution in [1.29, 1.82) is 0 Å². The lowest BCUT2D eigenvalue weighted by Gasteiger charge is -2.23. The monoisotopic (exact) mass is 211 g/mol. The first kappa shape index (κ1) is 9.61. The third kappa shape index (κ3) is 1.93. The van der Waals surface area contributed by atoms with Crippen LogP contribution >= 0.6 is 11.3 Å². The number of carbonyl (C=O) groups excluding carboxylic acids is 1. The molecule has 0 unspecified atom stereocenters. The highest BCUT2D eigenvalue weighted by atomic mass is 32.1. The number of nitrogens with one attached hydrogen (secondary N) is 1. The SMILES string of the molecule is NCc1csc(NC(=O)C2CCC2)n1. The van der Waals surface area contributed by atoms with E-state index in [1.54, 1.807) is 0 Å². The molecule has 1 aromatic heterocycles. The fourth-order valence-corrected chi connectivity index (χ4v) is 2.06. The van der Waals surface area contributed by atoms with Crippen LogP contribution in [0.2, 0.25) is 0 Å². The Morgan fingerprint density at radius 3 is 3.00 bits per heavy atom. The Kier molecular flexibility index (Phi) is 2.79. The number of rotatable bonds is 3. The van der Waals surface area contributed by atoms with E-state index in [0.29, 0.717) is 11.7 Å². The first-order chi connectivity index (χ1) is 6.79. The standard InChI is InChI=1S/C9H13N3OS/c10-4-7-5-14-9(11-7)12-8(13)6-2-1-3-6/h5-6H,1-4,10H2,(H,11,12,13). The molecule has 1 aliphatic rings. The number of nitrogens with zero attached hydrogens (tertiary/aromatic N) is 1. The second-order valence-electron chi connectivity index (χ2n) is 3.47. The molecular weight excluding hydrogens is 198 g/mol. The normalized spacial score (nSPS) is 16.4. The summed E-state index contributed by atoms with van der Waals surface area (Å²) in [6.07, 6.45) is 3.20. The summed E-state index contributed by atoms with van der Waals surface area (Å²) in [5, 5.41) is 5.35. The van der Waals surface area contributed by atoms with Crippen LogP contribution in [0.3, 0.4) is 0 Å². The van der Waals surface area contributed by atoms with E-state index in [1.807, 2.05) is 5.38 Å². The van der Waals surface area contributed by atoms with Crippen molar-refractivity contribution >= 4 is 22.4 Å². The summed E-state index contributed by atoms with van der Waals surface area (Å²) in [5.41, 5.74) is 6.25. The highest BCUT2D eigenvalue weighted by Crippen LogP contribution is 2.28. The third-order valence-electron chi connectivity index (χ3n) is 2.47. The van der Waals surface area contributed by atoms with Gasteiger partial charge in [-0.25, -0.2) is 4.98 Å². The molecule has 3 N–H and O–H groups in total. The van der Waals surface area contributed by atoms with Crippen LogP contribution < -0.4 is 11.1 Å². The van der Waals surface area contributed by atoms with Gasteiger partial charge < -0.3 is 11.1 Å². The summed E-state index contributed by atoms with van der Waals surface area (Å²) in [7, 11) is 0. The quantitative estimate of drug-likeness (QED) is 0.792. The molecule has 0 bridgehead atoms. The number of hydrogen-bond donors (Lipinski definition) is 2. The molecule has 76 valence electrons. The van der Waals surface area contributed by atoms with Crippen LogP contribution in [-0.4, -0.2) is 10.9 Å². The molecule has 0 aliphatic heterocycles. The maximum Gasteiger partial charge on any atom is 0.229 e. The summed E-state index contributed by atoms with van der Waals surface area (Å²) in [4.78, 5) is 15.7. The molecule has 1 fully saturated rings. The zero-order chi connectivity index (χ0) is 9.97. The van der Waals surface area contributed by atoms with E-state index < -0.39 is 0 Å². The number of carbonyl (C=O) groups is 1. The smallest absolute Gasteiger partial charge is 0.229 e. The Morgan fingerprint density at radius 2 is 2.50 bits per heavy atom. The van der Waals surface area contributed by atoms with E-state index in [4.69, 9.17) is 5.73 Å². The lowest BCUT2D eigenvalue weighted by Crippen LogP contribution is -2.27. The number of thiazole rings is 1. The summed E-state index contributed by atoms with van der Waals surface area (Å²) >= 11 is 1.43. The van der Waals surface area contributed by atoms with Crippen LogP contribution in [0.1, 0.15) is 25.0 Å². The van der Waals surface area contributed by atoms with Crippen molar-refractivity contribution in [3.63, 3.8) is 0 Å². The maximum atomic E-state index is 11.5. The molecule has 0 radical (unpaired) electrons. The minimum absolute atomic E-state index is 0.106. The van der Waals surface area contributed by atoms with Crippen LogP contribution in [0.5, 0.6) is 0 Å². The molecule has 1 heterocycles. The van der Waals surface area contributed by atoms with E-state index >= 15 is 0 Å². The summed E-state index contributed by atoms with van der Waals surface area (Å²) < 4.78 is 0. The molecule has 0 aromatic carbocycles. The maximum absolute atomic E-state index is 11.5. The largest absolute Gasteiger partial charge is 0.325 e. The van der Waals surface area contributed by atoms with Crippen molar-refractivity contribution in [2.45, 2.75) is 25.8 Å². The van der Waals surface area contributed by atoms with Gasteiger partial charge in [0.1, 0.15) is 0 Å². The van der Waals surface area contributed by atoms with Crippen LogP contribution in [0.15, 0.2) is 5.38 Å². The predicted molar refractivity (Wildman–Crippen MR) is 56.0 cm³/mol. The topological polar surface area (TPSA) is 68.0 Å². The molecule has 1 saturated carbocycles. The Hall–Kier alpha value is -0.940. The lowest BCUT2D eigenvalue weighted by molar-refractivity contribution is -0.122. The number of amides is 1. The van der Waals surface area contributed by atoms with Crippen molar-refractivity contribution in [1.82, 2.24) is 4.98 Å². The molecule has 0 atom stereocenters. The van der Waals surface area contributed by atoms with Gasteiger partial charge in [0.15, 0.2) is 5.13 Å². The second-order valence-corrected chi connectivity index (χ2v) is 4.32.